The van der Waals surface area contributed by atoms with Gasteiger partial charge in [0.25, 0.3) is 0 Å². The van der Waals surface area contributed by atoms with Crippen molar-refractivity contribution in [1.82, 2.24) is 9.97 Å². The zero-order chi connectivity index (χ0) is 11.4. The Labute approximate surface area is 86.4 Å². The zero-order valence-corrected chi connectivity index (χ0v) is 8.27. The number of rotatable bonds is 4. The molecule has 0 bridgehead atoms. The number of carbonyl (C=O) groups excluding carboxylic acids is 1. The number of nitrogens with zero attached hydrogens (tertiary/aromatic N) is 3. The highest BCUT2D eigenvalue weighted by Gasteiger charge is 2.08. The number of nitrogen functional groups attached to an aromatic ring is 2. The van der Waals surface area contributed by atoms with E-state index in [4.69, 9.17) is 17.3 Å². The Balaban J connectivity index is 2.92. The molecule has 1 rings (SSSR count). The average Bonchev–Trinajstić information content (AvgIpc) is 2.15. The largest absolute Gasteiger partial charge is 0.368 e. The van der Waals surface area contributed by atoms with Crippen LogP contribution in [-0.2, 0) is 4.79 Å². The van der Waals surface area contributed by atoms with Crippen molar-refractivity contribution in [2.45, 2.75) is 0 Å². The average molecular weight is 211 g/mol. The minimum absolute atomic E-state index is 0.0421. The van der Waals surface area contributed by atoms with E-state index in [2.05, 4.69) is 15.4 Å². The molecule has 82 valence electrons. The fraction of sp³-hybridized carbons (Fsp3) is 0.286. The fourth-order valence-electron chi connectivity index (χ4n) is 1.04. The lowest BCUT2D eigenvalue weighted by atomic mass is 10.4. The minimum atomic E-state index is -0.461. The monoisotopic (exact) mass is 211 g/mol. The molecule has 0 saturated heterocycles. The molecule has 1 heterocycles. The summed E-state index contributed by atoms with van der Waals surface area (Å²) in [7, 11) is 1.66. The van der Waals surface area contributed by atoms with Gasteiger partial charge in [-0.2, -0.15) is 9.97 Å². The molecule has 0 unspecified atom stereocenters. The molecule has 0 fully saturated rings. The molecule has 0 aliphatic heterocycles. The van der Waals surface area contributed by atoms with Gasteiger partial charge in [0.15, 0.2) is 0 Å². The van der Waals surface area contributed by atoms with E-state index in [9.17, 15) is 4.79 Å². The molecule has 0 radical (unpaired) electrons. The van der Waals surface area contributed by atoms with Crippen LogP contribution in [0.5, 0.6) is 0 Å². The summed E-state index contributed by atoms with van der Waals surface area (Å²) in [4.78, 5) is 20.0. The van der Waals surface area contributed by atoms with Crippen molar-refractivity contribution in [1.29, 1.82) is 0 Å². The summed E-state index contributed by atoms with van der Waals surface area (Å²) < 4.78 is 0. The first-order valence-corrected chi connectivity index (χ1v) is 4.13. The molecule has 0 atom stereocenters. The highest BCUT2D eigenvalue weighted by atomic mass is 16.1. The quantitative estimate of drug-likeness (QED) is 0.343. The molecular weight excluding hydrogens is 198 g/mol. The van der Waals surface area contributed by atoms with Crippen LogP contribution in [0.1, 0.15) is 0 Å². The van der Waals surface area contributed by atoms with Crippen molar-refractivity contribution < 1.29 is 4.79 Å². The van der Waals surface area contributed by atoms with Crippen molar-refractivity contribution in [3.8, 4) is 0 Å². The number of hydrogen-bond donors (Lipinski definition) is 4. The van der Waals surface area contributed by atoms with Crippen LogP contribution in [0.25, 0.3) is 0 Å². The molecule has 0 saturated carbocycles. The third-order valence-electron chi connectivity index (χ3n) is 1.66. The van der Waals surface area contributed by atoms with Crippen LogP contribution < -0.4 is 27.6 Å². The second kappa shape index (κ2) is 4.42. The number of amides is 1. The number of carbonyl (C=O) groups is 1. The highest BCUT2D eigenvalue weighted by molar-refractivity contribution is 5.79. The summed E-state index contributed by atoms with van der Waals surface area (Å²) in [5.41, 5.74) is 12.8. The molecule has 7 N–H and O–H groups in total. The predicted octanol–water partition coefficient (Wildman–Crippen LogP) is -1.73. The maximum absolute atomic E-state index is 10.7. The number of likely N-dealkylation sites (N-methyl/N-ethyl adjacent to an activating group) is 1. The van der Waals surface area contributed by atoms with E-state index in [1.54, 1.807) is 18.0 Å². The molecule has 8 nitrogen and oxygen atoms in total. The molecule has 15 heavy (non-hydrogen) atoms. The number of primary amides is 1. The smallest absolute Gasteiger partial charge is 0.236 e. The molecular formula is C7H13N7O. The lowest BCUT2D eigenvalue weighted by molar-refractivity contribution is -0.116. The number of hydrazine groups is 1. The van der Waals surface area contributed by atoms with E-state index >= 15 is 0 Å². The van der Waals surface area contributed by atoms with Gasteiger partial charge in [0, 0.05) is 13.1 Å². The third-order valence-corrected chi connectivity index (χ3v) is 1.66. The Hall–Kier alpha value is -2.09. The molecule has 0 aliphatic carbocycles. The number of hydrogen-bond acceptors (Lipinski definition) is 7. The van der Waals surface area contributed by atoms with Gasteiger partial charge >= 0.3 is 0 Å². The summed E-state index contributed by atoms with van der Waals surface area (Å²) in [5.74, 6) is 5.62. The Morgan fingerprint density at radius 1 is 1.60 bits per heavy atom. The summed E-state index contributed by atoms with van der Waals surface area (Å²) in [5, 5.41) is 0. The Morgan fingerprint density at radius 3 is 2.80 bits per heavy atom. The summed E-state index contributed by atoms with van der Waals surface area (Å²) in [6.45, 7) is 0.0421. The van der Waals surface area contributed by atoms with Gasteiger partial charge in [0.05, 0.1) is 6.54 Å². The standard InChI is InChI=1S/C7H13N7O/c1-14(3-4(8)15)6-2-5(13-10)11-7(9)12-6/h2H,3,10H2,1H3,(H2,8,15)(H3,9,11,12,13). The van der Waals surface area contributed by atoms with Crippen LogP contribution in [-0.4, -0.2) is 29.5 Å². The number of anilines is 3. The number of nitrogens with two attached hydrogens (primary N) is 3. The maximum atomic E-state index is 10.7. The Bertz CT molecular complexity index is 366. The first kappa shape index (κ1) is 11.0. The van der Waals surface area contributed by atoms with Crippen molar-refractivity contribution in [3.05, 3.63) is 6.07 Å². The van der Waals surface area contributed by atoms with Crippen LogP contribution in [0.3, 0.4) is 0 Å². The Morgan fingerprint density at radius 2 is 2.27 bits per heavy atom. The minimum Gasteiger partial charge on any atom is -0.368 e. The van der Waals surface area contributed by atoms with Crippen molar-refractivity contribution in [2.75, 3.05) is 29.7 Å². The number of aromatic nitrogens is 2. The molecule has 0 spiro atoms. The fourth-order valence-corrected chi connectivity index (χ4v) is 1.04. The molecule has 8 heteroatoms. The van der Waals surface area contributed by atoms with E-state index in [0.29, 0.717) is 11.6 Å². The van der Waals surface area contributed by atoms with Crippen LogP contribution >= 0.6 is 0 Å². The molecule has 0 aromatic carbocycles. The van der Waals surface area contributed by atoms with E-state index < -0.39 is 5.91 Å². The van der Waals surface area contributed by atoms with Gasteiger partial charge in [-0.3, -0.25) is 4.79 Å². The van der Waals surface area contributed by atoms with Gasteiger partial charge in [-0.25, -0.2) is 5.84 Å². The van der Waals surface area contributed by atoms with Crippen LogP contribution in [0.15, 0.2) is 6.07 Å². The highest BCUT2D eigenvalue weighted by Crippen LogP contribution is 2.14. The topological polar surface area (TPSA) is 136 Å². The second-order valence-electron chi connectivity index (χ2n) is 2.94. The van der Waals surface area contributed by atoms with E-state index in [1.165, 1.54) is 0 Å². The molecule has 1 aromatic rings. The maximum Gasteiger partial charge on any atom is 0.236 e. The number of nitrogens with one attached hydrogen (secondary N) is 1. The van der Waals surface area contributed by atoms with Crippen LogP contribution in [0.4, 0.5) is 17.6 Å². The lowest BCUT2D eigenvalue weighted by Crippen LogP contribution is -2.31. The Kier molecular flexibility index (Phi) is 3.24. The summed E-state index contributed by atoms with van der Waals surface area (Å²) in [6.07, 6.45) is 0. The lowest BCUT2D eigenvalue weighted by Gasteiger charge is -2.16. The van der Waals surface area contributed by atoms with Crippen LogP contribution in [0.2, 0.25) is 0 Å². The normalized spacial score (nSPS) is 9.73. The SMILES string of the molecule is CN(CC(N)=O)c1cc(NN)nc(N)n1. The van der Waals surface area contributed by atoms with Gasteiger partial charge in [-0.15, -0.1) is 0 Å². The van der Waals surface area contributed by atoms with E-state index in [1.807, 2.05) is 0 Å². The van der Waals surface area contributed by atoms with Gasteiger partial charge in [-0.05, 0) is 0 Å². The predicted molar refractivity (Wildman–Crippen MR) is 56.7 cm³/mol. The summed E-state index contributed by atoms with van der Waals surface area (Å²) >= 11 is 0. The second-order valence-corrected chi connectivity index (χ2v) is 2.94. The molecule has 1 aromatic heterocycles. The molecule has 1 amide bonds. The van der Waals surface area contributed by atoms with E-state index in [0.717, 1.165) is 0 Å². The van der Waals surface area contributed by atoms with Gasteiger partial charge in [-0.1, -0.05) is 0 Å². The first-order chi connectivity index (χ1) is 7.02. The third kappa shape index (κ3) is 2.95. The zero-order valence-electron chi connectivity index (χ0n) is 8.27. The van der Waals surface area contributed by atoms with E-state index in [-0.39, 0.29) is 12.5 Å². The molecule has 0 aliphatic rings. The summed E-state index contributed by atoms with van der Waals surface area (Å²) in [6, 6.07) is 1.55. The van der Waals surface area contributed by atoms with Gasteiger partial charge in [0.2, 0.25) is 11.9 Å². The van der Waals surface area contributed by atoms with Crippen molar-refractivity contribution in [3.63, 3.8) is 0 Å². The first-order valence-electron chi connectivity index (χ1n) is 4.13. The van der Waals surface area contributed by atoms with Crippen LogP contribution in [0, 0.1) is 0 Å². The van der Waals surface area contributed by atoms with Gasteiger partial charge in [0.1, 0.15) is 11.6 Å². The van der Waals surface area contributed by atoms with Crippen molar-refractivity contribution in [2.24, 2.45) is 11.6 Å². The van der Waals surface area contributed by atoms with Gasteiger partial charge < -0.3 is 21.8 Å². The van der Waals surface area contributed by atoms with Crippen molar-refractivity contribution >= 4 is 23.5 Å².